The van der Waals surface area contributed by atoms with E-state index in [1.807, 2.05) is 0 Å². The van der Waals surface area contributed by atoms with Crippen LogP contribution in [0.3, 0.4) is 0 Å². The molecule has 0 saturated carbocycles. The molecule has 0 saturated heterocycles. The van der Waals surface area contributed by atoms with E-state index in [0.717, 1.165) is 0 Å². The number of anilines is 2. The molecule has 160 valence electrons. The molecule has 0 bridgehead atoms. The summed E-state index contributed by atoms with van der Waals surface area (Å²) in [4.78, 5) is 41.3. The molecule has 1 atom stereocenters. The Balaban J connectivity index is 1.81. The van der Waals surface area contributed by atoms with Crippen LogP contribution in [0.2, 0.25) is 5.02 Å². The average molecular weight is 457 g/mol. The Bertz CT molecular complexity index is 1210. The van der Waals surface area contributed by atoms with Crippen LogP contribution < -0.4 is 16.2 Å². The smallest absolute Gasteiger partial charge is 0.262 e. The lowest BCUT2D eigenvalue weighted by Crippen LogP contribution is -2.26. The normalized spacial score (nSPS) is 11.7. The van der Waals surface area contributed by atoms with Gasteiger partial charge in [0.15, 0.2) is 5.16 Å². The van der Waals surface area contributed by atoms with E-state index < -0.39 is 5.25 Å². The van der Waals surface area contributed by atoms with Crippen LogP contribution in [0.15, 0.2) is 65.1 Å². The summed E-state index contributed by atoms with van der Waals surface area (Å²) in [7, 11) is 0. The van der Waals surface area contributed by atoms with Gasteiger partial charge in [-0.05, 0) is 49.4 Å². The monoisotopic (exact) mass is 456 g/mol. The standard InChI is InChI=1S/C22H21ClN4O3S/c1-4-11-27-21(30)18-10-5-15(23)12-19(18)26-22(27)31-13(2)20(29)25-17-8-6-16(7-9-17)24-14(3)28/h4-10,12-13H,1,11H2,2-3H3,(H,24,28)(H,25,29)/t13-/m0/s1. The summed E-state index contributed by atoms with van der Waals surface area (Å²) >= 11 is 7.23. The number of nitrogens with one attached hydrogen (secondary N) is 2. The third-order valence-electron chi connectivity index (χ3n) is 4.32. The highest BCUT2D eigenvalue weighted by atomic mass is 35.5. The third kappa shape index (κ3) is 5.53. The number of aromatic nitrogens is 2. The Morgan fingerprint density at radius 1 is 1.19 bits per heavy atom. The fourth-order valence-corrected chi connectivity index (χ4v) is 3.93. The summed E-state index contributed by atoms with van der Waals surface area (Å²) in [5.41, 5.74) is 1.49. The molecular formula is C22H21ClN4O3S. The van der Waals surface area contributed by atoms with Crippen molar-refractivity contribution in [1.29, 1.82) is 0 Å². The summed E-state index contributed by atoms with van der Waals surface area (Å²) in [6.45, 7) is 7.13. The molecule has 7 nitrogen and oxygen atoms in total. The maximum atomic E-state index is 12.9. The Kier molecular flexibility index (Phi) is 7.14. The molecule has 0 radical (unpaired) electrons. The lowest BCUT2D eigenvalue weighted by Gasteiger charge is -2.16. The molecule has 9 heteroatoms. The van der Waals surface area contributed by atoms with E-state index in [-0.39, 0.29) is 23.9 Å². The zero-order valence-electron chi connectivity index (χ0n) is 17.0. The van der Waals surface area contributed by atoms with E-state index in [0.29, 0.717) is 32.5 Å². The molecule has 0 fully saturated rings. The second kappa shape index (κ2) is 9.80. The third-order valence-corrected chi connectivity index (χ3v) is 5.64. The van der Waals surface area contributed by atoms with Crippen LogP contribution in [-0.4, -0.2) is 26.6 Å². The summed E-state index contributed by atoms with van der Waals surface area (Å²) in [5.74, 6) is -0.417. The number of fused-ring (bicyclic) bond motifs is 1. The van der Waals surface area contributed by atoms with Crippen molar-refractivity contribution in [2.45, 2.75) is 30.8 Å². The maximum absolute atomic E-state index is 12.9. The highest BCUT2D eigenvalue weighted by molar-refractivity contribution is 8.00. The SMILES string of the molecule is C=CCn1c(S[C@@H](C)C(=O)Nc2ccc(NC(C)=O)cc2)nc2cc(Cl)ccc2c1=O. The maximum Gasteiger partial charge on any atom is 0.262 e. The van der Waals surface area contributed by atoms with Crippen molar-refractivity contribution in [1.82, 2.24) is 9.55 Å². The van der Waals surface area contributed by atoms with Crippen molar-refractivity contribution in [3.63, 3.8) is 0 Å². The molecule has 0 spiro atoms. The molecule has 2 aromatic carbocycles. The molecule has 2 amide bonds. The minimum atomic E-state index is -0.533. The largest absolute Gasteiger partial charge is 0.326 e. The number of carbonyl (C=O) groups is 2. The first-order chi connectivity index (χ1) is 14.8. The number of thioether (sulfide) groups is 1. The number of hydrogen-bond acceptors (Lipinski definition) is 5. The first-order valence-electron chi connectivity index (χ1n) is 9.44. The van der Waals surface area contributed by atoms with Crippen LogP contribution in [-0.2, 0) is 16.1 Å². The molecule has 31 heavy (non-hydrogen) atoms. The van der Waals surface area contributed by atoms with Gasteiger partial charge in [-0.2, -0.15) is 0 Å². The van der Waals surface area contributed by atoms with Gasteiger partial charge in [0.2, 0.25) is 11.8 Å². The Labute approximate surface area is 188 Å². The quantitative estimate of drug-likeness (QED) is 0.314. The summed E-state index contributed by atoms with van der Waals surface area (Å²) in [5, 5.41) is 6.30. The van der Waals surface area contributed by atoms with E-state index >= 15 is 0 Å². The number of allylic oxidation sites excluding steroid dienone is 1. The van der Waals surface area contributed by atoms with Crippen molar-refractivity contribution in [2.75, 3.05) is 10.6 Å². The number of benzene rings is 2. The van der Waals surface area contributed by atoms with Crippen LogP contribution >= 0.6 is 23.4 Å². The predicted molar refractivity (Wildman–Crippen MR) is 126 cm³/mol. The lowest BCUT2D eigenvalue weighted by molar-refractivity contribution is -0.115. The first-order valence-corrected chi connectivity index (χ1v) is 10.7. The van der Waals surface area contributed by atoms with Crippen LogP contribution in [0.4, 0.5) is 11.4 Å². The van der Waals surface area contributed by atoms with E-state index in [2.05, 4.69) is 22.2 Å². The van der Waals surface area contributed by atoms with Gasteiger partial charge in [0.25, 0.3) is 5.56 Å². The van der Waals surface area contributed by atoms with Crippen molar-refractivity contribution >= 4 is 57.5 Å². The Morgan fingerprint density at radius 3 is 2.45 bits per heavy atom. The lowest BCUT2D eigenvalue weighted by atomic mass is 10.2. The summed E-state index contributed by atoms with van der Waals surface area (Å²) < 4.78 is 1.49. The number of nitrogens with zero attached hydrogens (tertiary/aromatic N) is 2. The van der Waals surface area contributed by atoms with E-state index in [1.54, 1.807) is 55.5 Å². The fraction of sp³-hybridized carbons (Fsp3) is 0.182. The average Bonchev–Trinajstić information content (AvgIpc) is 2.71. The Hall–Kier alpha value is -3.10. The van der Waals surface area contributed by atoms with Gasteiger partial charge in [-0.3, -0.25) is 19.0 Å². The molecule has 0 aliphatic heterocycles. The van der Waals surface area contributed by atoms with Crippen LogP contribution in [0.5, 0.6) is 0 Å². The number of hydrogen-bond donors (Lipinski definition) is 2. The fourth-order valence-electron chi connectivity index (χ4n) is 2.85. The number of rotatable bonds is 7. The van der Waals surface area contributed by atoms with Crippen molar-refractivity contribution < 1.29 is 9.59 Å². The van der Waals surface area contributed by atoms with E-state index in [9.17, 15) is 14.4 Å². The van der Waals surface area contributed by atoms with Crippen molar-refractivity contribution in [2.24, 2.45) is 0 Å². The van der Waals surface area contributed by atoms with Gasteiger partial charge in [0.05, 0.1) is 16.2 Å². The molecule has 0 aliphatic carbocycles. The highest BCUT2D eigenvalue weighted by Gasteiger charge is 2.19. The van der Waals surface area contributed by atoms with Crippen LogP contribution in [0.25, 0.3) is 10.9 Å². The highest BCUT2D eigenvalue weighted by Crippen LogP contribution is 2.25. The molecule has 3 rings (SSSR count). The molecule has 0 aliphatic rings. The zero-order chi connectivity index (χ0) is 22.5. The minimum Gasteiger partial charge on any atom is -0.326 e. The van der Waals surface area contributed by atoms with E-state index in [4.69, 9.17) is 11.6 Å². The predicted octanol–water partition coefficient (Wildman–Crippen LogP) is 4.31. The summed E-state index contributed by atoms with van der Waals surface area (Å²) in [6.07, 6.45) is 1.61. The van der Waals surface area contributed by atoms with Gasteiger partial charge in [0.1, 0.15) is 0 Å². The first kappa shape index (κ1) is 22.6. The van der Waals surface area contributed by atoms with E-state index in [1.165, 1.54) is 23.3 Å². The molecule has 1 heterocycles. The van der Waals surface area contributed by atoms with Crippen LogP contribution in [0.1, 0.15) is 13.8 Å². The molecule has 2 N–H and O–H groups in total. The number of halogens is 1. The van der Waals surface area contributed by atoms with Gasteiger partial charge in [-0.1, -0.05) is 29.4 Å². The molecular weight excluding hydrogens is 436 g/mol. The summed E-state index contributed by atoms with van der Waals surface area (Å²) in [6, 6.07) is 11.7. The molecule has 3 aromatic rings. The Morgan fingerprint density at radius 2 is 1.84 bits per heavy atom. The topological polar surface area (TPSA) is 93.1 Å². The van der Waals surface area contributed by atoms with Crippen LogP contribution in [0, 0.1) is 0 Å². The second-order valence-electron chi connectivity index (χ2n) is 6.77. The molecule has 0 unspecified atom stereocenters. The van der Waals surface area contributed by atoms with Gasteiger partial charge >= 0.3 is 0 Å². The van der Waals surface area contributed by atoms with Gasteiger partial charge in [-0.15, -0.1) is 6.58 Å². The van der Waals surface area contributed by atoms with Crippen molar-refractivity contribution in [3.8, 4) is 0 Å². The molecule has 1 aromatic heterocycles. The van der Waals surface area contributed by atoms with Crippen molar-refractivity contribution in [3.05, 3.63) is 70.5 Å². The number of amides is 2. The van der Waals surface area contributed by atoms with Gasteiger partial charge < -0.3 is 10.6 Å². The minimum absolute atomic E-state index is 0.170. The zero-order valence-corrected chi connectivity index (χ0v) is 18.6. The van der Waals surface area contributed by atoms with Gasteiger partial charge in [-0.25, -0.2) is 4.98 Å². The second-order valence-corrected chi connectivity index (χ2v) is 8.51. The van der Waals surface area contributed by atoms with Gasteiger partial charge in [0, 0.05) is 29.9 Å². The number of carbonyl (C=O) groups excluding carboxylic acids is 2.